The van der Waals surface area contributed by atoms with Gasteiger partial charge in [0.1, 0.15) is 0 Å². The van der Waals surface area contributed by atoms with Crippen LogP contribution < -0.4 is 10.6 Å². The second kappa shape index (κ2) is 8.98. The zero-order valence-corrected chi connectivity index (χ0v) is 15.7. The molecule has 0 saturated carbocycles. The van der Waals surface area contributed by atoms with Gasteiger partial charge in [0.2, 0.25) is 0 Å². The van der Waals surface area contributed by atoms with Gasteiger partial charge in [0, 0.05) is 17.2 Å². The van der Waals surface area contributed by atoms with Crippen molar-refractivity contribution in [3.8, 4) is 0 Å². The van der Waals surface area contributed by atoms with Crippen LogP contribution >= 0.6 is 0 Å². The normalized spacial score (nSPS) is 11.7. The van der Waals surface area contributed by atoms with E-state index in [1.165, 1.54) is 0 Å². The number of carbonyl (C=O) groups is 3. The molecule has 2 aromatic carbocycles. The number of hydrogen-bond donors (Lipinski definition) is 3. The molecule has 0 spiro atoms. The average Bonchev–Trinajstić information content (AvgIpc) is 2.60. The number of carbonyl (C=O) groups excluding carboxylic acids is 2. The van der Waals surface area contributed by atoms with Crippen LogP contribution in [-0.4, -0.2) is 28.9 Å². The maximum absolute atomic E-state index is 12.6. The van der Waals surface area contributed by atoms with Crippen molar-refractivity contribution < 1.29 is 19.5 Å². The number of carboxylic acid groups (broad SMARTS) is 1. The summed E-state index contributed by atoms with van der Waals surface area (Å²) < 4.78 is 0. The molecule has 0 heterocycles. The highest BCUT2D eigenvalue weighted by atomic mass is 16.4. The molecule has 1 atom stereocenters. The topological polar surface area (TPSA) is 95.5 Å². The van der Waals surface area contributed by atoms with Crippen molar-refractivity contribution in [2.24, 2.45) is 0 Å². The maximum atomic E-state index is 12.6. The highest BCUT2D eigenvalue weighted by molar-refractivity contribution is 5.98. The average molecular weight is 368 g/mol. The van der Waals surface area contributed by atoms with Gasteiger partial charge in [-0.15, -0.1) is 0 Å². The molecule has 142 valence electrons. The first-order valence-corrected chi connectivity index (χ1v) is 8.77. The molecule has 0 aliphatic heterocycles. The molecule has 0 bridgehead atoms. The smallest absolute Gasteiger partial charge is 0.305 e. The van der Waals surface area contributed by atoms with Crippen LogP contribution in [-0.2, 0) is 4.79 Å². The number of benzene rings is 2. The van der Waals surface area contributed by atoms with Gasteiger partial charge in [-0.05, 0) is 56.2 Å². The van der Waals surface area contributed by atoms with Crippen LogP contribution in [0.15, 0.2) is 48.5 Å². The zero-order chi connectivity index (χ0) is 20.0. The third-order valence-corrected chi connectivity index (χ3v) is 4.08. The molecule has 1 unspecified atom stereocenters. The summed E-state index contributed by atoms with van der Waals surface area (Å²) in [6.45, 7) is 5.61. The molecule has 27 heavy (non-hydrogen) atoms. The van der Waals surface area contributed by atoms with Crippen molar-refractivity contribution >= 4 is 17.8 Å². The Morgan fingerprint density at radius 1 is 0.889 bits per heavy atom. The minimum atomic E-state index is -0.996. The third-order valence-electron chi connectivity index (χ3n) is 4.08. The Morgan fingerprint density at radius 2 is 1.41 bits per heavy atom. The first kappa shape index (κ1) is 20.2. The highest BCUT2D eigenvalue weighted by Gasteiger charge is 2.20. The zero-order valence-electron chi connectivity index (χ0n) is 15.7. The molecule has 0 aliphatic rings. The molecule has 2 rings (SSSR count). The van der Waals surface area contributed by atoms with Crippen LogP contribution in [0.2, 0.25) is 0 Å². The van der Waals surface area contributed by atoms with Crippen LogP contribution in [0.5, 0.6) is 0 Å². The lowest BCUT2D eigenvalue weighted by atomic mass is 9.98. The number of carboxylic acids is 1. The lowest BCUT2D eigenvalue weighted by molar-refractivity contribution is -0.137. The summed E-state index contributed by atoms with van der Waals surface area (Å²) in [5, 5.41) is 14.8. The standard InChI is InChI=1S/C21H24N2O4/c1-13(2)22-20(26)15-8-10-16(11-9-15)21(27)23-18(12-19(24)25)17-7-5-4-6-14(17)3/h4-11,13,18H,12H2,1-3H3,(H,22,26)(H,23,27)(H,24,25). The summed E-state index contributed by atoms with van der Waals surface area (Å²) in [6, 6.07) is 13.0. The minimum Gasteiger partial charge on any atom is -0.481 e. The fourth-order valence-electron chi connectivity index (χ4n) is 2.75. The van der Waals surface area contributed by atoms with E-state index in [1.807, 2.05) is 45.0 Å². The van der Waals surface area contributed by atoms with E-state index in [9.17, 15) is 19.5 Å². The van der Waals surface area contributed by atoms with E-state index in [0.717, 1.165) is 11.1 Å². The maximum Gasteiger partial charge on any atom is 0.305 e. The van der Waals surface area contributed by atoms with Crippen molar-refractivity contribution in [1.29, 1.82) is 0 Å². The Labute approximate surface area is 158 Å². The number of nitrogens with one attached hydrogen (secondary N) is 2. The predicted molar refractivity (Wildman–Crippen MR) is 103 cm³/mol. The molecule has 6 heteroatoms. The minimum absolute atomic E-state index is 0.0198. The lowest BCUT2D eigenvalue weighted by Gasteiger charge is -2.19. The number of aryl methyl sites for hydroxylation is 1. The van der Waals surface area contributed by atoms with E-state index in [0.29, 0.717) is 11.1 Å². The van der Waals surface area contributed by atoms with Gasteiger partial charge >= 0.3 is 5.97 Å². The van der Waals surface area contributed by atoms with Crippen LogP contribution in [0.3, 0.4) is 0 Å². The SMILES string of the molecule is Cc1ccccc1C(CC(=O)O)NC(=O)c1ccc(C(=O)NC(C)C)cc1. The first-order valence-electron chi connectivity index (χ1n) is 8.77. The molecule has 0 aromatic heterocycles. The van der Waals surface area contributed by atoms with Gasteiger partial charge in [-0.3, -0.25) is 14.4 Å². The van der Waals surface area contributed by atoms with Gasteiger partial charge < -0.3 is 15.7 Å². The second-order valence-electron chi connectivity index (χ2n) is 6.69. The van der Waals surface area contributed by atoms with Crippen LogP contribution in [0.1, 0.15) is 58.2 Å². The molecular formula is C21H24N2O4. The lowest BCUT2D eigenvalue weighted by Crippen LogP contribution is -2.31. The van der Waals surface area contributed by atoms with E-state index in [2.05, 4.69) is 10.6 Å². The molecule has 0 fully saturated rings. The number of hydrogen-bond acceptors (Lipinski definition) is 3. The summed E-state index contributed by atoms with van der Waals surface area (Å²) in [5.41, 5.74) is 2.49. The van der Waals surface area contributed by atoms with Crippen LogP contribution in [0, 0.1) is 6.92 Å². The second-order valence-corrected chi connectivity index (χ2v) is 6.69. The van der Waals surface area contributed by atoms with E-state index in [4.69, 9.17) is 0 Å². The quantitative estimate of drug-likeness (QED) is 0.700. The fraction of sp³-hybridized carbons (Fsp3) is 0.286. The fourth-order valence-corrected chi connectivity index (χ4v) is 2.75. The Hall–Kier alpha value is -3.15. The summed E-state index contributed by atoms with van der Waals surface area (Å²) in [5.74, 6) is -1.59. The van der Waals surface area contributed by atoms with Crippen LogP contribution in [0.25, 0.3) is 0 Å². The van der Waals surface area contributed by atoms with E-state index in [-0.39, 0.29) is 24.3 Å². The molecule has 6 nitrogen and oxygen atoms in total. The molecule has 0 radical (unpaired) electrons. The van der Waals surface area contributed by atoms with Gasteiger partial charge in [-0.25, -0.2) is 0 Å². The number of aliphatic carboxylic acids is 1. The van der Waals surface area contributed by atoms with Gasteiger partial charge in [0.15, 0.2) is 0 Å². The number of rotatable bonds is 7. The monoisotopic (exact) mass is 368 g/mol. The Bertz CT molecular complexity index is 828. The summed E-state index contributed by atoms with van der Waals surface area (Å²) in [6.07, 6.45) is -0.217. The largest absolute Gasteiger partial charge is 0.481 e. The molecule has 0 aliphatic carbocycles. The summed E-state index contributed by atoms with van der Waals surface area (Å²) >= 11 is 0. The van der Waals surface area contributed by atoms with E-state index >= 15 is 0 Å². The summed E-state index contributed by atoms with van der Waals surface area (Å²) in [7, 11) is 0. The highest BCUT2D eigenvalue weighted by Crippen LogP contribution is 2.21. The van der Waals surface area contributed by atoms with Crippen molar-refractivity contribution in [3.63, 3.8) is 0 Å². The molecule has 2 amide bonds. The predicted octanol–water partition coefficient (Wildman–Crippen LogP) is 3.08. The van der Waals surface area contributed by atoms with Crippen molar-refractivity contribution in [2.45, 2.75) is 39.3 Å². The van der Waals surface area contributed by atoms with E-state index in [1.54, 1.807) is 24.3 Å². The van der Waals surface area contributed by atoms with Crippen molar-refractivity contribution in [1.82, 2.24) is 10.6 Å². The third kappa shape index (κ3) is 5.67. The molecular weight excluding hydrogens is 344 g/mol. The Kier molecular flexibility index (Phi) is 6.71. The Morgan fingerprint density at radius 3 is 1.89 bits per heavy atom. The Balaban J connectivity index is 2.16. The van der Waals surface area contributed by atoms with E-state index < -0.39 is 12.0 Å². The first-order chi connectivity index (χ1) is 12.8. The van der Waals surface area contributed by atoms with Gasteiger partial charge in [-0.1, -0.05) is 24.3 Å². The van der Waals surface area contributed by atoms with Crippen molar-refractivity contribution in [2.75, 3.05) is 0 Å². The van der Waals surface area contributed by atoms with Gasteiger partial charge in [0.25, 0.3) is 11.8 Å². The molecule has 0 saturated heterocycles. The van der Waals surface area contributed by atoms with Crippen molar-refractivity contribution in [3.05, 3.63) is 70.8 Å². The number of amides is 2. The van der Waals surface area contributed by atoms with Crippen LogP contribution in [0.4, 0.5) is 0 Å². The van der Waals surface area contributed by atoms with Gasteiger partial charge in [-0.2, -0.15) is 0 Å². The van der Waals surface area contributed by atoms with Gasteiger partial charge in [0.05, 0.1) is 12.5 Å². The molecule has 3 N–H and O–H groups in total. The molecule has 2 aromatic rings. The summed E-state index contributed by atoms with van der Waals surface area (Å²) in [4.78, 5) is 35.8.